The van der Waals surface area contributed by atoms with Gasteiger partial charge in [-0.1, -0.05) is 24.6 Å². The highest BCUT2D eigenvalue weighted by molar-refractivity contribution is 9.10. The van der Waals surface area contributed by atoms with Crippen LogP contribution in [0.25, 0.3) is 10.9 Å². The van der Waals surface area contributed by atoms with Gasteiger partial charge in [0.2, 0.25) is 0 Å². The van der Waals surface area contributed by atoms with Crippen molar-refractivity contribution in [2.24, 2.45) is 0 Å². The zero-order valence-corrected chi connectivity index (χ0v) is 16.3. The highest BCUT2D eigenvalue weighted by atomic mass is 79.9. The van der Waals surface area contributed by atoms with E-state index in [9.17, 15) is 13.2 Å². The van der Waals surface area contributed by atoms with Crippen LogP contribution in [0.1, 0.15) is 24.6 Å². The van der Waals surface area contributed by atoms with Gasteiger partial charge in [0.15, 0.2) is 0 Å². The van der Waals surface area contributed by atoms with Crippen LogP contribution < -0.4 is 0 Å². The first kappa shape index (κ1) is 17.8. The van der Waals surface area contributed by atoms with Crippen molar-refractivity contribution in [1.29, 1.82) is 0 Å². The Kier molecular flexibility index (Phi) is 4.79. The average molecular weight is 421 g/mol. The number of hydrogen-bond donors (Lipinski definition) is 0. The molecule has 0 fully saturated rings. The van der Waals surface area contributed by atoms with E-state index in [2.05, 4.69) is 20.9 Å². The van der Waals surface area contributed by atoms with E-state index in [-0.39, 0.29) is 17.1 Å². The molecular weight excluding hydrogens is 404 g/mol. The van der Waals surface area contributed by atoms with Crippen LogP contribution in [0, 0.1) is 6.92 Å². The van der Waals surface area contributed by atoms with E-state index in [0.29, 0.717) is 27.5 Å². The number of fused-ring (bicyclic) bond motifs is 1. The number of carbonyl (C=O) groups excluding carboxylic acids is 1. The molecule has 25 heavy (non-hydrogen) atoms. The molecule has 7 heteroatoms. The van der Waals surface area contributed by atoms with Gasteiger partial charge >= 0.3 is 0 Å². The number of aryl methyl sites for hydroxylation is 1. The monoisotopic (exact) mass is 420 g/mol. The van der Waals surface area contributed by atoms with Crippen molar-refractivity contribution in [3.8, 4) is 0 Å². The normalized spacial score (nSPS) is 11.8. The molecule has 1 aromatic carbocycles. The molecule has 0 saturated heterocycles. The van der Waals surface area contributed by atoms with Gasteiger partial charge in [0.05, 0.1) is 16.6 Å². The van der Waals surface area contributed by atoms with Gasteiger partial charge in [-0.15, -0.1) is 0 Å². The van der Waals surface area contributed by atoms with Gasteiger partial charge in [0, 0.05) is 34.6 Å². The molecule has 3 aromatic rings. The number of halogens is 1. The highest BCUT2D eigenvalue weighted by Crippen LogP contribution is 2.29. The summed E-state index contributed by atoms with van der Waals surface area (Å²) in [4.78, 5) is 16.1. The Morgan fingerprint density at radius 3 is 2.56 bits per heavy atom. The van der Waals surface area contributed by atoms with Crippen LogP contribution in [0.2, 0.25) is 0 Å². The molecular formula is C18H17BrN2O3S. The summed E-state index contributed by atoms with van der Waals surface area (Å²) in [5.74, 6) is 0.0923. The summed E-state index contributed by atoms with van der Waals surface area (Å²) < 4.78 is 27.7. The number of aromatic nitrogens is 2. The maximum absolute atomic E-state index is 12.9. The highest BCUT2D eigenvalue weighted by Gasteiger charge is 2.21. The smallest absolute Gasteiger partial charge is 0.268 e. The second-order valence-corrected chi connectivity index (χ2v) is 8.52. The maximum Gasteiger partial charge on any atom is 0.268 e. The van der Waals surface area contributed by atoms with Crippen LogP contribution >= 0.6 is 15.9 Å². The topological polar surface area (TPSA) is 69.0 Å². The van der Waals surface area contributed by atoms with Gasteiger partial charge in [0.25, 0.3) is 10.0 Å². The minimum absolute atomic E-state index is 0.0923. The summed E-state index contributed by atoms with van der Waals surface area (Å²) in [6, 6.07) is 8.47. The Labute approximate surface area is 154 Å². The van der Waals surface area contributed by atoms with E-state index in [4.69, 9.17) is 0 Å². The number of nitrogens with zero attached hydrogens (tertiary/aromatic N) is 2. The van der Waals surface area contributed by atoms with Gasteiger partial charge in [-0.3, -0.25) is 9.78 Å². The lowest BCUT2D eigenvalue weighted by molar-refractivity contribution is -0.118. The molecule has 0 unspecified atom stereocenters. The zero-order valence-electron chi connectivity index (χ0n) is 13.9. The molecule has 0 radical (unpaired) electrons. The number of Topliss-reactive ketones (excluding diaryl/α,β-unsaturated/α-hetero) is 1. The van der Waals surface area contributed by atoms with Crippen molar-refractivity contribution in [3.63, 3.8) is 0 Å². The zero-order chi connectivity index (χ0) is 18.2. The molecule has 0 saturated carbocycles. The average Bonchev–Trinajstić information content (AvgIpc) is 2.92. The number of ketones is 1. The van der Waals surface area contributed by atoms with Crippen molar-refractivity contribution >= 4 is 42.6 Å². The molecule has 0 aliphatic carbocycles. The van der Waals surface area contributed by atoms with E-state index in [1.807, 2.05) is 6.92 Å². The molecule has 0 aliphatic rings. The Balaban J connectivity index is 2.11. The largest absolute Gasteiger partial charge is 0.299 e. The lowest BCUT2D eigenvalue weighted by atomic mass is 10.1. The minimum atomic E-state index is -3.72. The molecule has 5 nitrogen and oxygen atoms in total. The minimum Gasteiger partial charge on any atom is -0.299 e. The van der Waals surface area contributed by atoms with Crippen LogP contribution in [0.5, 0.6) is 0 Å². The molecule has 0 aliphatic heterocycles. The fraction of sp³-hybridized carbons (Fsp3) is 0.222. The predicted octanol–water partition coefficient (Wildman–Crippen LogP) is 3.87. The Morgan fingerprint density at radius 1 is 1.24 bits per heavy atom. The summed E-state index contributed by atoms with van der Waals surface area (Å²) in [6.07, 6.45) is 3.72. The molecule has 0 bridgehead atoms. The first-order chi connectivity index (χ1) is 11.8. The summed E-state index contributed by atoms with van der Waals surface area (Å²) in [6.45, 7) is 3.71. The van der Waals surface area contributed by atoms with Crippen LogP contribution in [-0.4, -0.2) is 23.2 Å². The van der Waals surface area contributed by atoms with E-state index < -0.39 is 10.0 Å². The van der Waals surface area contributed by atoms with Gasteiger partial charge in [-0.05, 0) is 41.1 Å². The van der Waals surface area contributed by atoms with Crippen LogP contribution in [0.4, 0.5) is 0 Å². The molecule has 0 N–H and O–H groups in total. The van der Waals surface area contributed by atoms with Crippen molar-refractivity contribution < 1.29 is 13.2 Å². The molecule has 2 aromatic heterocycles. The Hall–Kier alpha value is -1.99. The standard InChI is InChI=1S/C18H17BrN2O3S/c1-3-14(22)8-13-9-16-17(19)11-21(18(16)10-20-13)25(23,24)15-6-4-12(2)5-7-15/h4-7,9-11H,3,8H2,1-2H3. The van der Waals surface area contributed by atoms with Gasteiger partial charge in [-0.2, -0.15) is 0 Å². The van der Waals surface area contributed by atoms with E-state index in [0.717, 1.165) is 5.56 Å². The first-order valence-electron chi connectivity index (χ1n) is 7.82. The number of carbonyl (C=O) groups is 1. The molecule has 0 spiro atoms. The van der Waals surface area contributed by atoms with Gasteiger partial charge in [-0.25, -0.2) is 12.4 Å². The predicted molar refractivity (Wildman–Crippen MR) is 100 cm³/mol. The number of benzene rings is 1. The second-order valence-electron chi connectivity index (χ2n) is 5.85. The fourth-order valence-corrected chi connectivity index (χ4v) is 4.56. The third-order valence-electron chi connectivity index (χ3n) is 4.02. The van der Waals surface area contributed by atoms with Crippen molar-refractivity contribution in [2.45, 2.75) is 31.6 Å². The molecule has 2 heterocycles. The SMILES string of the molecule is CCC(=O)Cc1cc2c(Br)cn(S(=O)(=O)c3ccc(C)cc3)c2cn1. The lowest BCUT2D eigenvalue weighted by Gasteiger charge is -2.08. The van der Waals surface area contributed by atoms with Crippen LogP contribution in [-0.2, 0) is 21.2 Å². The number of rotatable bonds is 5. The molecule has 0 atom stereocenters. The summed E-state index contributed by atoms with van der Waals surface area (Å²) in [5, 5.41) is 0.713. The quantitative estimate of drug-likeness (QED) is 0.627. The van der Waals surface area contributed by atoms with E-state index >= 15 is 0 Å². The maximum atomic E-state index is 12.9. The number of hydrogen-bond acceptors (Lipinski definition) is 4. The summed E-state index contributed by atoms with van der Waals surface area (Å²) >= 11 is 3.41. The third kappa shape index (κ3) is 3.39. The van der Waals surface area contributed by atoms with Gasteiger partial charge in [0.1, 0.15) is 5.78 Å². The molecule has 130 valence electrons. The second kappa shape index (κ2) is 6.72. The molecule has 3 rings (SSSR count). The summed E-state index contributed by atoms with van der Waals surface area (Å²) in [5.41, 5.74) is 2.09. The van der Waals surface area contributed by atoms with Crippen molar-refractivity contribution in [1.82, 2.24) is 8.96 Å². The number of pyridine rings is 1. The Bertz CT molecular complexity index is 1050. The van der Waals surface area contributed by atoms with Crippen LogP contribution in [0.15, 0.2) is 52.1 Å². The first-order valence-corrected chi connectivity index (χ1v) is 10.1. The fourth-order valence-electron chi connectivity index (χ4n) is 2.55. The van der Waals surface area contributed by atoms with Gasteiger partial charge < -0.3 is 0 Å². The molecule has 0 amide bonds. The van der Waals surface area contributed by atoms with E-state index in [1.165, 1.54) is 16.4 Å². The summed E-state index contributed by atoms with van der Waals surface area (Å²) in [7, 11) is -3.72. The van der Waals surface area contributed by atoms with Crippen molar-refractivity contribution in [3.05, 3.63) is 58.5 Å². The van der Waals surface area contributed by atoms with Crippen molar-refractivity contribution in [2.75, 3.05) is 0 Å². The lowest BCUT2D eigenvalue weighted by Crippen LogP contribution is -2.12. The van der Waals surface area contributed by atoms with Crippen LogP contribution in [0.3, 0.4) is 0 Å². The van der Waals surface area contributed by atoms with E-state index in [1.54, 1.807) is 37.3 Å². The Morgan fingerprint density at radius 2 is 1.92 bits per heavy atom. The third-order valence-corrected chi connectivity index (χ3v) is 6.34.